The molecular weight excluding hydrogens is 330 g/mol. The van der Waals surface area contributed by atoms with E-state index in [-0.39, 0.29) is 5.91 Å². The molecule has 1 amide bonds. The highest BCUT2D eigenvalue weighted by Gasteiger charge is 2.12. The summed E-state index contributed by atoms with van der Waals surface area (Å²) in [6.07, 6.45) is 3.36. The Kier molecular flexibility index (Phi) is 7.33. The first-order valence-electron chi connectivity index (χ1n) is 8.85. The van der Waals surface area contributed by atoms with E-state index < -0.39 is 0 Å². The Morgan fingerprint density at radius 2 is 1.65 bits per heavy atom. The maximum Gasteiger partial charge on any atom is 0.255 e. The molecule has 26 heavy (non-hydrogen) atoms. The van der Waals surface area contributed by atoms with Crippen LogP contribution in [0.1, 0.15) is 42.1 Å². The molecule has 5 nitrogen and oxygen atoms in total. The summed E-state index contributed by atoms with van der Waals surface area (Å²) in [5.74, 6) is 1.80. The molecule has 5 heteroatoms. The molecule has 2 aromatic rings. The van der Waals surface area contributed by atoms with E-state index in [1.807, 2.05) is 25.1 Å². The lowest BCUT2D eigenvalue weighted by atomic mass is 10.1. The average Bonchev–Trinajstić information content (AvgIpc) is 2.66. The molecule has 0 aliphatic heterocycles. The zero-order chi connectivity index (χ0) is 18.9. The maximum absolute atomic E-state index is 12.5. The second kappa shape index (κ2) is 9.70. The molecular formula is C21H27NO4. The number of benzene rings is 2. The van der Waals surface area contributed by atoms with Crippen LogP contribution in [0.2, 0.25) is 0 Å². The molecule has 0 aliphatic carbocycles. The SMILES string of the molecule is CCCCCOc1ccc(C(=O)Nc2cc(OC)c(OC)cc2C)cc1. The molecule has 0 saturated carbocycles. The molecule has 2 rings (SSSR count). The van der Waals surface area contributed by atoms with Crippen molar-refractivity contribution in [1.29, 1.82) is 0 Å². The fraction of sp³-hybridized carbons (Fsp3) is 0.381. The van der Waals surface area contributed by atoms with Crippen LogP contribution >= 0.6 is 0 Å². The minimum Gasteiger partial charge on any atom is -0.494 e. The van der Waals surface area contributed by atoms with Crippen molar-refractivity contribution in [3.8, 4) is 17.2 Å². The van der Waals surface area contributed by atoms with Gasteiger partial charge in [0.25, 0.3) is 5.91 Å². The molecule has 0 fully saturated rings. The van der Waals surface area contributed by atoms with Gasteiger partial charge in [0.2, 0.25) is 0 Å². The van der Waals surface area contributed by atoms with Crippen molar-refractivity contribution in [2.75, 3.05) is 26.1 Å². The minimum absolute atomic E-state index is 0.183. The number of methoxy groups -OCH3 is 2. The van der Waals surface area contributed by atoms with E-state index in [2.05, 4.69) is 12.2 Å². The highest BCUT2D eigenvalue weighted by atomic mass is 16.5. The molecule has 0 aliphatic rings. The van der Waals surface area contributed by atoms with Gasteiger partial charge < -0.3 is 19.5 Å². The van der Waals surface area contributed by atoms with Gasteiger partial charge in [0.1, 0.15) is 5.75 Å². The third-order valence-corrected chi connectivity index (χ3v) is 4.11. The molecule has 2 aromatic carbocycles. The minimum atomic E-state index is -0.183. The first-order chi connectivity index (χ1) is 12.6. The molecule has 0 bridgehead atoms. The number of unbranched alkanes of at least 4 members (excludes halogenated alkanes) is 2. The number of hydrogen-bond acceptors (Lipinski definition) is 4. The van der Waals surface area contributed by atoms with Crippen molar-refractivity contribution < 1.29 is 19.0 Å². The van der Waals surface area contributed by atoms with E-state index in [9.17, 15) is 4.79 Å². The van der Waals surface area contributed by atoms with E-state index >= 15 is 0 Å². The summed E-state index contributed by atoms with van der Waals surface area (Å²) in [7, 11) is 3.15. The van der Waals surface area contributed by atoms with Gasteiger partial charge in [-0.05, 0) is 49.2 Å². The molecule has 0 saturated heterocycles. The van der Waals surface area contributed by atoms with Crippen LogP contribution < -0.4 is 19.5 Å². The molecule has 0 heterocycles. The topological polar surface area (TPSA) is 56.8 Å². The predicted octanol–water partition coefficient (Wildman–Crippen LogP) is 4.83. The zero-order valence-electron chi connectivity index (χ0n) is 15.9. The first kappa shape index (κ1) is 19.6. The van der Waals surface area contributed by atoms with Crippen LogP contribution in [0.25, 0.3) is 0 Å². The Morgan fingerprint density at radius 1 is 1.00 bits per heavy atom. The summed E-state index contributed by atoms with van der Waals surface area (Å²) >= 11 is 0. The van der Waals surface area contributed by atoms with Gasteiger partial charge >= 0.3 is 0 Å². The van der Waals surface area contributed by atoms with Gasteiger partial charge in [-0.1, -0.05) is 19.8 Å². The van der Waals surface area contributed by atoms with Crippen molar-refractivity contribution in [3.05, 3.63) is 47.5 Å². The Morgan fingerprint density at radius 3 is 2.27 bits per heavy atom. The van der Waals surface area contributed by atoms with E-state index in [0.717, 1.165) is 30.6 Å². The van der Waals surface area contributed by atoms with E-state index in [1.165, 1.54) is 0 Å². The first-order valence-corrected chi connectivity index (χ1v) is 8.85. The van der Waals surface area contributed by atoms with Crippen molar-refractivity contribution >= 4 is 11.6 Å². The van der Waals surface area contributed by atoms with Crippen LogP contribution in [-0.2, 0) is 0 Å². The highest BCUT2D eigenvalue weighted by molar-refractivity contribution is 6.04. The van der Waals surface area contributed by atoms with Gasteiger partial charge in [-0.15, -0.1) is 0 Å². The smallest absolute Gasteiger partial charge is 0.255 e. The van der Waals surface area contributed by atoms with Gasteiger partial charge in [0.15, 0.2) is 11.5 Å². The molecule has 1 N–H and O–H groups in total. The average molecular weight is 357 g/mol. The van der Waals surface area contributed by atoms with Crippen molar-refractivity contribution in [2.45, 2.75) is 33.1 Å². The standard InChI is InChI=1S/C21H27NO4/c1-5-6-7-12-26-17-10-8-16(9-11-17)21(23)22-18-14-20(25-4)19(24-3)13-15(18)2/h8-11,13-14H,5-7,12H2,1-4H3,(H,22,23). The van der Waals surface area contributed by atoms with Crippen molar-refractivity contribution in [1.82, 2.24) is 0 Å². The normalized spacial score (nSPS) is 10.3. The van der Waals surface area contributed by atoms with Gasteiger partial charge in [0.05, 0.1) is 20.8 Å². The Balaban J connectivity index is 2.03. The number of rotatable bonds is 9. The van der Waals surface area contributed by atoms with Crippen LogP contribution in [0, 0.1) is 6.92 Å². The number of amides is 1. The number of hydrogen-bond donors (Lipinski definition) is 1. The van der Waals surface area contributed by atoms with Gasteiger partial charge in [-0.25, -0.2) is 0 Å². The fourth-order valence-corrected chi connectivity index (χ4v) is 2.55. The van der Waals surface area contributed by atoms with Crippen LogP contribution in [0.3, 0.4) is 0 Å². The maximum atomic E-state index is 12.5. The Hall–Kier alpha value is -2.69. The number of aryl methyl sites for hydroxylation is 1. The third-order valence-electron chi connectivity index (χ3n) is 4.11. The van der Waals surface area contributed by atoms with Crippen molar-refractivity contribution in [2.24, 2.45) is 0 Å². The zero-order valence-corrected chi connectivity index (χ0v) is 15.9. The summed E-state index contributed by atoms with van der Waals surface area (Å²) in [6, 6.07) is 10.8. The molecule has 0 radical (unpaired) electrons. The molecule has 0 aromatic heterocycles. The number of carbonyl (C=O) groups is 1. The summed E-state index contributed by atoms with van der Waals surface area (Å²) in [5.41, 5.74) is 2.15. The number of anilines is 1. The summed E-state index contributed by atoms with van der Waals surface area (Å²) < 4.78 is 16.2. The van der Waals surface area contributed by atoms with Gasteiger partial charge in [-0.2, -0.15) is 0 Å². The number of nitrogens with one attached hydrogen (secondary N) is 1. The predicted molar refractivity (Wildman–Crippen MR) is 104 cm³/mol. The summed E-state index contributed by atoms with van der Waals surface area (Å²) in [5, 5.41) is 2.92. The number of carbonyl (C=O) groups excluding carboxylic acids is 1. The molecule has 0 unspecified atom stereocenters. The quantitative estimate of drug-likeness (QED) is 0.653. The second-order valence-corrected chi connectivity index (χ2v) is 6.06. The van der Waals surface area contributed by atoms with Gasteiger partial charge in [-0.3, -0.25) is 4.79 Å². The Bertz CT molecular complexity index is 726. The van der Waals surface area contributed by atoms with Gasteiger partial charge in [0, 0.05) is 17.3 Å². The Labute approximate surface area is 155 Å². The highest BCUT2D eigenvalue weighted by Crippen LogP contribution is 2.33. The molecule has 0 atom stereocenters. The van der Waals surface area contributed by atoms with Crippen LogP contribution in [-0.4, -0.2) is 26.7 Å². The largest absolute Gasteiger partial charge is 0.494 e. The van der Waals surface area contributed by atoms with E-state index in [1.54, 1.807) is 32.4 Å². The lowest BCUT2D eigenvalue weighted by Gasteiger charge is -2.14. The fourth-order valence-electron chi connectivity index (χ4n) is 2.55. The monoisotopic (exact) mass is 357 g/mol. The lowest BCUT2D eigenvalue weighted by Crippen LogP contribution is -2.13. The number of ether oxygens (including phenoxy) is 3. The van der Waals surface area contributed by atoms with E-state index in [0.29, 0.717) is 29.4 Å². The second-order valence-electron chi connectivity index (χ2n) is 6.06. The molecule has 0 spiro atoms. The molecule has 140 valence electrons. The van der Waals surface area contributed by atoms with Crippen molar-refractivity contribution in [3.63, 3.8) is 0 Å². The van der Waals surface area contributed by atoms with Crippen LogP contribution in [0.5, 0.6) is 17.2 Å². The van der Waals surface area contributed by atoms with Crippen LogP contribution in [0.4, 0.5) is 5.69 Å². The summed E-state index contributed by atoms with van der Waals surface area (Å²) in [4.78, 5) is 12.5. The van der Waals surface area contributed by atoms with Crippen LogP contribution in [0.15, 0.2) is 36.4 Å². The lowest BCUT2D eigenvalue weighted by molar-refractivity contribution is 0.102. The van der Waals surface area contributed by atoms with E-state index in [4.69, 9.17) is 14.2 Å². The third kappa shape index (κ3) is 5.15. The summed E-state index contributed by atoms with van der Waals surface area (Å²) in [6.45, 7) is 4.77.